The number of benzene rings is 2. The summed E-state index contributed by atoms with van der Waals surface area (Å²) in [6.07, 6.45) is 1.39. The van der Waals surface area contributed by atoms with Crippen molar-refractivity contribution in [2.45, 2.75) is 38.5 Å². The summed E-state index contributed by atoms with van der Waals surface area (Å²) < 4.78 is 33.7. The smallest absolute Gasteiger partial charge is 0.246 e. The van der Waals surface area contributed by atoms with Crippen LogP contribution in [-0.4, -0.2) is 69.9 Å². The van der Waals surface area contributed by atoms with Crippen LogP contribution in [0.25, 0.3) is 0 Å². The summed E-state index contributed by atoms with van der Waals surface area (Å²) in [5, 5.41) is 0. The van der Waals surface area contributed by atoms with E-state index in [1.807, 2.05) is 17.9 Å². The molecule has 0 radical (unpaired) electrons. The molecule has 0 saturated carbocycles. The number of hydrogen-bond acceptors (Lipinski definition) is 5. The molecule has 0 aromatic heterocycles. The molecule has 4 rings (SSSR count). The van der Waals surface area contributed by atoms with Crippen LogP contribution in [0.5, 0.6) is 5.75 Å². The molecule has 2 saturated heterocycles. The monoisotopic (exact) mass is 485 g/mol. The molecule has 2 aliphatic rings. The van der Waals surface area contributed by atoms with Crippen molar-refractivity contribution in [1.82, 2.24) is 9.21 Å². The molecule has 0 spiro atoms. The van der Waals surface area contributed by atoms with Crippen molar-refractivity contribution in [3.63, 3.8) is 0 Å². The first-order valence-corrected chi connectivity index (χ1v) is 13.4. The summed E-state index contributed by atoms with van der Waals surface area (Å²) in [4.78, 5) is 17.8. The van der Waals surface area contributed by atoms with Crippen LogP contribution in [0.3, 0.4) is 0 Å². The fourth-order valence-corrected chi connectivity index (χ4v) is 6.76. The molecule has 0 bridgehead atoms. The minimum absolute atomic E-state index is 0.0664. The third kappa shape index (κ3) is 4.79. The highest BCUT2D eigenvalue weighted by molar-refractivity contribution is 7.89. The summed E-state index contributed by atoms with van der Waals surface area (Å²) >= 11 is 0. The van der Waals surface area contributed by atoms with Gasteiger partial charge in [-0.3, -0.25) is 4.79 Å². The van der Waals surface area contributed by atoms with Crippen LogP contribution in [0.1, 0.15) is 29.5 Å². The molecule has 184 valence electrons. The van der Waals surface area contributed by atoms with Gasteiger partial charge in [-0.05, 0) is 68.5 Å². The van der Waals surface area contributed by atoms with E-state index in [-0.39, 0.29) is 23.3 Å². The predicted molar refractivity (Wildman–Crippen MR) is 134 cm³/mol. The van der Waals surface area contributed by atoms with Gasteiger partial charge in [-0.1, -0.05) is 18.2 Å². The van der Waals surface area contributed by atoms with E-state index in [0.717, 1.165) is 18.7 Å². The molecule has 2 aromatic carbocycles. The van der Waals surface area contributed by atoms with Gasteiger partial charge < -0.3 is 14.5 Å². The van der Waals surface area contributed by atoms with Gasteiger partial charge in [0.05, 0.1) is 13.0 Å². The summed E-state index contributed by atoms with van der Waals surface area (Å²) in [6.45, 7) is 9.63. The highest BCUT2D eigenvalue weighted by Crippen LogP contribution is 2.31. The van der Waals surface area contributed by atoms with E-state index >= 15 is 0 Å². The van der Waals surface area contributed by atoms with E-state index in [2.05, 4.69) is 36.9 Å². The van der Waals surface area contributed by atoms with Gasteiger partial charge in [-0.2, -0.15) is 4.31 Å². The maximum absolute atomic E-state index is 13.4. The number of ether oxygens (including phenoxy) is 1. The summed E-state index contributed by atoms with van der Waals surface area (Å²) in [6, 6.07) is 11.5. The number of nitrogens with zero attached hydrogens (tertiary/aromatic N) is 3. The fraction of sp³-hybridized carbons (Fsp3) is 0.500. The van der Waals surface area contributed by atoms with Crippen molar-refractivity contribution in [3.8, 4) is 5.75 Å². The van der Waals surface area contributed by atoms with Crippen molar-refractivity contribution in [3.05, 3.63) is 53.1 Å². The molecule has 7 nitrogen and oxygen atoms in total. The van der Waals surface area contributed by atoms with Gasteiger partial charge in [0.25, 0.3) is 0 Å². The molecule has 2 heterocycles. The van der Waals surface area contributed by atoms with Crippen LogP contribution in [0, 0.1) is 26.7 Å². The lowest BCUT2D eigenvalue weighted by Crippen LogP contribution is -2.53. The molecule has 0 N–H and O–H groups in total. The molecule has 1 amide bonds. The minimum Gasteiger partial charge on any atom is -0.495 e. The lowest BCUT2D eigenvalue weighted by atomic mass is 9.97. The average Bonchev–Trinajstić information content (AvgIpc) is 2.85. The number of amides is 1. The first-order chi connectivity index (χ1) is 16.2. The summed E-state index contributed by atoms with van der Waals surface area (Å²) in [5.74, 6) is 0.0879. The zero-order chi connectivity index (χ0) is 24.5. The van der Waals surface area contributed by atoms with E-state index < -0.39 is 10.0 Å². The van der Waals surface area contributed by atoms with Crippen LogP contribution in [0.4, 0.5) is 5.69 Å². The summed E-state index contributed by atoms with van der Waals surface area (Å²) in [5.41, 5.74) is 4.63. The molecule has 2 aliphatic heterocycles. The van der Waals surface area contributed by atoms with Gasteiger partial charge in [0.15, 0.2) is 0 Å². The van der Waals surface area contributed by atoms with Crippen molar-refractivity contribution in [2.24, 2.45) is 5.92 Å². The second-order valence-electron chi connectivity index (χ2n) is 9.39. The Bertz CT molecular complexity index is 1160. The number of aryl methyl sites for hydroxylation is 2. The Balaban J connectivity index is 1.43. The van der Waals surface area contributed by atoms with Crippen LogP contribution in [0.2, 0.25) is 0 Å². The molecular formula is C26H35N3O4S. The Kier molecular flexibility index (Phi) is 7.19. The highest BCUT2D eigenvalue weighted by Gasteiger charge is 2.37. The number of sulfonamides is 1. The van der Waals surface area contributed by atoms with Crippen LogP contribution in [-0.2, 0) is 14.8 Å². The Hall–Kier alpha value is -2.58. The highest BCUT2D eigenvalue weighted by atomic mass is 32.2. The number of carbonyl (C=O) groups excluding carboxylic acids is 1. The van der Waals surface area contributed by atoms with Gasteiger partial charge in [0.2, 0.25) is 15.9 Å². The molecule has 0 aliphatic carbocycles. The Morgan fingerprint density at radius 3 is 2.44 bits per heavy atom. The second-order valence-corrected chi connectivity index (χ2v) is 11.3. The van der Waals surface area contributed by atoms with E-state index in [0.29, 0.717) is 38.2 Å². The number of anilines is 1. The Labute approximate surface area is 203 Å². The minimum atomic E-state index is -3.75. The molecule has 2 aromatic rings. The number of carbonyl (C=O) groups is 1. The maximum Gasteiger partial charge on any atom is 0.246 e. The van der Waals surface area contributed by atoms with E-state index in [1.54, 1.807) is 12.1 Å². The van der Waals surface area contributed by atoms with Gasteiger partial charge in [0, 0.05) is 45.0 Å². The topological polar surface area (TPSA) is 70.2 Å². The van der Waals surface area contributed by atoms with Gasteiger partial charge >= 0.3 is 0 Å². The number of piperidine rings is 1. The molecule has 8 heteroatoms. The molecule has 1 atom stereocenters. The number of hydrogen-bond donors (Lipinski definition) is 0. The SMILES string of the molecule is COc1ccc(C)cc1S(=O)(=O)N1CCC[C@H](C(=O)N2CCN(c3cccc(C)c3C)CC2)C1. The van der Waals surface area contributed by atoms with Gasteiger partial charge in [0.1, 0.15) is 10.6 Å². The van der Waals surface area contributed by atoms with Crippen molar-refractivity contribution in [2.75, 3.05) is 51.3 Å². The van der Waals surface area contributed by atoms with Crippen LogP contribution < -0.4 is 9.64 Å². The largest absolute Gasteiger partial charge is 0.495 e. The molecule has 2 fully saturated rings. The zero-order valence-corrected chi connectivity index (χ0v) is 21.4. The molecule has 34 heavy (non-hydrogen) atoms. The van der Waals surface area contributed by atoms with Crippen molar-refractivity contribution < 1.29 is 17.9 Å². The first-order valence-electron chi connectivity index (χ1n) is 12.0. The van der Waals surface area contributed by atoms with Gasteiger partial charge in [-0.25, -0.2) is 8.42 Å². The predicted octanol–water partition coefficient (Wildman–Crippen LogP) is 3.37. The summed E-state index contributed by atoms with van der Waals surface area (Å²) in [7, 11) is -2.27. The third-order valence-corrected chi connectivity index (χ3v) is 9.06. The zero-order valence-electron chi connectivity index (χ0n) is 20.6. The maximum atomic E-state index is 13.4. The Morgan fingerprint density at radius 2 is 1.74 bits per heavy atom. The first kappa shape index (κ1) is 24.5. The van der Waals surface area contributed by atoms with Crippen LogP contribution >= 0.6 is 0 Å². The van der Waals surface area contributed by atoms with E-state index in [9.17, 15) is 13.2 Å². The third-order valence-electron chi connectivity index (χ3n) is 7.18. The quantitative estimate of drug-likeness (QED) is 0.650. The Morgan fingerprint density at radius 1 is 1.00 bits per heavy atom. The molecular weight excluding hydrogens is 450 g/mol. The lowest BCUT2D eigenvalue weighted by molar-refractivity contribution is -0.137. The molecule has 0 unspecified atom stereocenters. The second kappa shape index (κ2) is 9.96. The number of rotatable bonds is 5. The van der Waals surface area contributed by atoms with Crippen molar-refractivity contribution in [1.29, 1.82) is 0 Å². The van der Waals surface area contributed by atoms with Gasteiger partial charge in [-0.15, -0.1) is 0 Å². The lowest BCUT2D eigenvalue weighted by Gasteiger charge is -2.40. The standard InChI is InChI=1S/C26H35N3O4S/c1-19-10-11-24(33-4)25(17-19)34(31,32)29-12-6-8-22(18-29)26(30)28-15-13-27(14-16-28)23-9-5-7-20(2)21(23)3/h5,7,9-11,17,22H,6,8,12-16,18H2,1-4H3/t22-/m0/s1. The number of methoxy groups -OCH3 is 1. The average molecular weight is 486 g/mol. The van der Waals surface area contributed by atoms with E-state index in [4.69, 9.17) is 4.74 Å². The number of piperazine rings is 1. The van der Waals surface area contributed by atoms with Crippen LogP contribution in [0.15, 0.2) is 41.3 Å². The van der Waals surface area contributed by atoms with E-state index in [1.165, 1.54) is 28.2 Å². The normalized spacial score (nSPS) is 19.8. The fourth-order valence-electron chi connectivity index (χ4n) is 4.99. The van der Waals surface area contributed by atoms with Crippen molar-refractivity contribution >= 4 is 21.6 Å².